The summed E-state index contributed by atoms with van der Waals surface area (Å²) in [6.45, 7) is 5.30. The first kappa shape index (κ1) is 18.6. The molecule has 0 aromatic heterocycles. The van der Waals surface area contributed by atoms with E-state index in [1.165, 1.54) is 6.08 Å². The van der Waals surface area contributed by atoms with Gasteiger partial charge in [-0.05, 0) is 42.8 Å². The maximum absolute atomic E-state index is 12.7. The molecule has 2 aliphatic heterocycles. The first-order valence-electron chi connectivity index (χ1n) is 8.93. The molecular formula is C22H18O7. The zero-order valence-corrected chi connectivity index (χ0v) is 15.7. The number of Topliss-reactive ketones (excluding diaryl/α,β-unsaturated/α-hetero) is 1. The van der Waals surface area contributed by atoms with Gasteiger partial charge in [0.05, 0.1) is 5.56 Å². The van der Waals surface area contributed by atoms with Crippen LogP contribution < -0.4 is 18.9 Å². The minimum Gasteiger partial charge on any atom is -0.481 e. The maximum Gasteiger partial charge on any atom is 0.344 e. The number of fused-ring (bicyclic) bond motifs is 2. The van der Waals surface area contributed by atoms with Crippen molar-refractivity contribution in [3.8, 4) is 23.0 Å². The molecular weight excluding hydrogens is 376 g/mol. The average molecular weight is 394 g/mol. The number of benzene rings is 2. The summed E-state index contributed by atoms with van der Waals surface area (Å²) in [6, 6.07) is 8.64. The zero-order valence-electron chi connectivity index (χ0n) is 15.7. The molecule has 0 bridgehead atoms. The van der Waals surface area contributed by atoms with Crippen molar-refractivity contribution >= 4 is 17.8 Å². The van der Waals surface area contributed by atoms with Gasteiger partial charge in [0.2, 0.25) is 12.6 Å². The van der Waals surface area contributed by atoms with Gasteiger partial charge in [-0.2, -0.15) is 0 Å². The van der Waals surface area contributed by atoms with Crippen LogP contribution in [0.25, 0.3) is 6.08 Å². The van der Waals surface area contributed by atoms with E-state index in [1.807, 2.05) is 6.07 Å². The number of ketones is 1. The summed E-state index contributed by atoms with van der Waals surface area (Å²) < 4.78 is 26.9. The summed E-state index contributed by atoms with van der Waals surface area (Å²) in [5, 5.41) is 0. The number of carbonyl (C=O) groups excluding carboxylic acids is 2. The van der Waals surface area contributed by atoms with Crippen molar-refractivity contribution in [1.82, 2.24) is 0 Å². The largest absolute Gasteiger partial charge is 0.481 e. The highest BCUT2D eigenvalue weighted by Crippen LogP contribution is 2.40. The monoisotopic (exact) mass is 394 g/mol. The van der Waals surface area contributed by atoms with Crippen LogP contribution in [0.2, 0.25) is 0 Å². The number of esters is 1. The van der Waals surface area contributed by atoms with Crippen molar-refractivity contribution in [2.24, 2.45) is 0 Å². The third-order valence-corrected chi connectivity index (χ3v) is 4.44. The Kier molecular flexibility index (Phi) is 4.95. The van der Waals surface area contributed by atoms with Crippen molar-refractivity contribution < 1.29 is 33.3 Å². The number of hydrogen-bond donors (Lipinski definition) is 0. The Morgan fingerprint density at radius 3 is 2.86 bits per heavy atom. The molecule has 0 aliphatic carbocycles. The maximum atomic E-state index is 12.7. The molecule has 2 heterocycles. The fourth-order valence-electron chi connectivity index (χ4n) is 3.01. The molecule has 0 N–H and O–H groups in total. The Morgan fingerprint density at radius 1 is 1.21 bits per heavy atom. The first-order chi connectivity index (χ1) is 14.1. The van der Waals surface area contributed by atoms with Gasteiger partial charge in [0.25, 0.3) is 0 Å². The van der Waals surface area contributed by atoms with E-state index in [-0.39, 0.29) is 31.5 Å². The fourth-order valence-corrected chi connectivity index (χ4v) is 3.01. The average Bonchev–Trinajstić information content (AvgIpc) is 3.31. The lowest BCUT2D eigenvalue weighted by atomic mass is 10.1. The lowest BCUT2D eigenvalue weighted by molar-refractivity contribution is -0.144. The van der Waals surface area contributed by atoms with E-state index >= 15 is 0 Å². The van der Waals surface area contributed by atoms with Gasteiger partial charge >= 0.3 is 5.97 Å². The molecule has 0 fully saturated rings. The van der Waals surface area contributed by atoms with E-state index in [0.717, 1.165) is 5.56 Å². The number of rotatable bonds is 6. The summed E-state index contributed by atoms with van der Waals surface area (Å²) >= 11 is 0. The molecule has 0 spiro atoms. The fraction of sp³-hybridized carbons (Fsp3) is 0.182. The zero-order chi connectivity index (χ0) is 20.4. The van der Waals surface area contributed by atoms with E-state index in [9.17, 15) is 9.59 Å². The van der Waals surface area contributed by atoms with Crippen LogP contribution in [-0.2, 0) is 9.53 Å². The van der Waals surface area contributed by atoms with Gasteiger partial charge in [0.1, 0.15) is 18.1 Å². The standard InChI is InChI=1S/C22H18O7/c1-3-8-25-20(23)11-26-16-7-5-15-21(24)19(29-22(15)13(16)2)10-14-4-6-17-18(9-14)28-12-27-17/h3-7,9-10H,1,8,11-12H2,2H3/b19-10-. The SMILES string of the molecule is C=CCOC(=O)COc1ccc2c(c1C)O/C(=C\c1ccc3c(c1)OCO3)C2=O. The second kappa shape index (κ2) is 7.71. The van der Waals surface area contributed by atoms with Crippen molar-refractivity contribution in [1.29, 1.82) is 0 Å². The summed E-state index contributed by atoms with van der Waals surface area (Å²) in [4.78, 5) is 24.3. The van der Waals surface area contributed by atoms with Crippen molar-refractivity contribution in [3.63, 3.8) is 0 Å². The van der Waals surface area contributed by atoms with Crippen molar-refractivity contribution in [2.45, 2.75) is 6.92 Å². The van der Waals surface area contributed by atoms with Crippen LogP contribution >= 0.6 is 0 Å². The minimum absolute atomic E-state index is 0.122. The third-order valence-electron chi connectivity index (χ3n) is 4.44. The molecule has 0 radical (unpaired) electrons. The van der Waals surface area contributed by atoms with Crippen LogP contribution in [0.4, 0.5) is 0 Å². The van der Waals surface area contributed by atoms with Gasteiger partial charge in [-0.25, -0.2) is 4.79 Å². The smallest absolute Gasteiger partial charge is 0.344 e. The highest BCUT2D eigenvalue weighted by Gasteiger charge is 2.30. The lowest BCUT2D eigenvalue weighted by Crippen LogP contribution is -2.15. The molecule has 0 unspecified atom stereocenters. The van der Waals surface area contributed by atoms with Crippen LogP contribution in [-0.4, -0.2) is 31.8 Å². The lowest BCUT2D eigenvalue weighted by Gasteiger charge is -2.10. The summed E-state index contributed by atoms with van der Waals surface area (Å²) in [6.07, 6.45) is 3.13. The number of carbonyl (C=O) groups is 2. The summed E-state index contributed by atoms with van der Waals surface area (Å²) in [7, 11) is 0. The molecule has 2 aromatic carbocycles. The van der Waals surface area contributed by atoms with E-state index in [0.29, 0.717) is 34.1 Å². The molecule has 2 aromatic rings. The Bertz CT molecular complexity index is 1040. The molecule has 0 saturated heterocycles. The molecule has 0 saturated carbocycles. The molecule has 4 rings (SSSR count). The molecule has 7 heteroatoms. The molecule has 148 valence electrons. The Balaban J connectivity index is 1.52. The summed E-state index contributed by atoms with van der Waals surface area (Å²) in [5.41, 5.74) is 1.82. The molecule has 0 amide bonds. The quantitative estimate of drug-likeness (QED) is 0.422. The van der Waals surface area contributed by atoms with Crippen LogP contribution in [0.5, 0.6) is 23.0 Å². The number of hydrogen-bond acceptors (Lipinski definition) is 7. The molecule has 0 atom stereocenters. The van der Waals surface area contributed by atoms with Crippen molar-refractivity contribution in [2.75, 3.05) is 20.0 Å². The molecule has 7 nitrogen and oxygen atoms in total. The van der Waals surface area contributed by atoms with Crippen LogP contribution in [0.1, 0.15) is 21.5 Å². The minimum atomic E-state index is -0.509. The highest BCUT2D eigenvalue weighted by molar-refractivity contribution is 6.15. The van der Waals surface area contributed by atoms with E-state index in [2.05, 4.69) is 6.58 Å². The van der Waals surface area contributed by atoms with Gasteiger partial charge in [0, 0.05) is 5.56 Å². The topological polar surface area (TPSA) is 80.3 Å². The van der Waals surface area contributed by atoms with Crippen LogP contribution in [0.15, 0.2) is 48.7 Å². The second-order valence-corrected chi connectivity index (χ2v) is 6.38. The van der Waals surface area contributed by atoms with Crippen molar-refractivity contribution in [3.05, 3.63) is 65.4 Å². The number of allylic oxidation sites excluding steroid dienone is 1. The highest BCUT2D eigenvalue weighted by atomic mass is 16.7. The van der Waals surface area contributed by atoms with Gasteiger partial charge in [0.15, 0.2) is 23.9 Å². The van der Waals surface area contributed by atoms with Gasteiger partial charge in [-0.15, -0.1) is 0 Å². The summed E-state index contributed by atoms with van der Waals surface area (Å²) in [5.74, 6) is 1.61. The Morgan fingerprint density at radius 2 is 2.03 bits per heavy atom. The second-order valence-electron chi connectivity index (χ2n) is 6.38. The third kappa shape index (κ3) is 3.67. The van der Waals surface area contributed by atoms with Gasteiger partial charge in [-0.1, -0.05) is 18.7 Å². The van der Waals surface area contributed by atoms with E-state index in [4.69, 9.17) is 23.7 Å². The van der Waals surface area contributed by atoms with Gasteiger partial charge in [-0.3, -0.25) is 4.79 Å². The normalized spacial score (nSPS) is 15.1. The van der Waals surface area contributed by atoms with E-state index < -0.39 is 5.97 Å². The van der Waals surface area contributed by atoms with Gasteiger partial charge < -0.3 is 23.7 Å². The predicted octanol–water partition coefficient (Wildman–Crippen LogP) is 3.45. The molecule has 29 heavy (non-hydrogen) atoms. The first-order valence-corrected chi connectivity index (χ1v) is 8.93. The van der Waals surface area contributed by atoms with Crippen LogP contribution in [0.3, 0.4) is 0 Å². The number of ether oxygens (including phenoxy) is 5. The van der Waals surface area contributed by atoms with Crippen LogP contribution in [0, 0.1) is 6.92 Å². The van der Waals surface area contributed by atoms with E-state index in [1.54, 1.807) is 37.3 Å². The Hall–Kier alpha value is -3.74. The predicted molar refractivity (Wildman–Crippen MR) is 103 cm³/mol. The Labute approximate surface area is 167 Å². The molecule has 2 aliphatic rings.